The van der Waals surface area contributed by atoms with Crippen molar-refractivity contribution >= 4 is 29.5 Å². The van der Waals surface area contributed by atoms with Crippen LogP contribution in [0.2, 0.25) is 5.02 Å². The van der Waals surface area contributed by atoms with E-state index in [4.69, 9.17) is 48.2 Å². The summed E-state index contributed by atoms with van der Waals surface area (Å²) in [5, 5.41) is 3.52. The Labute approximate surface area is 132 Å². The minimum absolute atomic E-state index is 0.418. The van der Waals surface area contributed by atoms with Gasteiger partial charge in [0.05, 0.1) is 5.69 Å². The summed E-state index contributed by atoms with van der Waals surface area (Å²) in [4.78, 5) is 0. The van der Waals surface area contributed by atoms with Crippen molar-refractivity contribution in [3.05, 3.63) is 45.7 Å². The van der Waals surface area contributed by atoms with E-state index in [-0.39, 0.29) is 0 Å². The number of nitrogens with zero attached hydrogens (tertiary/aromatic N) is 1. The predicted octanol–water partition coefficient (Wildman–Crippen LogP) is -2.19. The molecule has 2 rings (SSSR count). The van der Waals surface area contributed by atoms with Crippen LogP contribution < -0.4 is 29.1 Å². The molecule has 1 heterocycles. The van der Waals surface area contributed by atoms with Crippen LogP contribution in [0.4, 0.5) is 5.69 Å². The van der Waals surface area contributed by atoms with Crippen molar-refractivity contribution in [3.63, 3.8) is 0 Å². The van der Waals surface area contributed by atoms with Crippen LogP contribution >= 0.6 is 23.8 Å². The molecule has 0 aliphatic heterocycles. The molecule has 114 valence electrons. The number of rotatable bonds is 1. The maximum Gasteiger partial charge on any atom is 0.235 e. The normalized spacial score (nSPS) is 10.8. The molecule has 21 heavy (non-hydrogen) atoms. The molecule has 0 aliphatic rings. The van der Waals surface area contributed by atoms with Gasteiger partial charge in [0, 0.05) is 19.1 Å². The van der Waals surface area contributed by atoms with E-state index < -0.39 is 10.2 Å². The quantitative estimate of drug-likeness (QED) is 0.442. The van der Waals surface area contributed by atoms with Gasteiger partial charge in [-0.15, -0.1) is 15.3 Å². The highest BCUT2D eigenvalue weighted by molar-refractivity contribution is 7.71. The van der Waals surface area contributed by atoms with E-state index in [2.05, 4.69) is 5.10 Å². The number of halogens is 2. The first-order valence-corrected chi connectivity index (χ1v) is 7.40. The minimum atomic E-state index is -4.94. The van der Waals surface area contributed by atoms with Gasteiger partial charge in [0.2, 0.25) is 11.4 Å². The van der Waals surface area contributed by atoms with E-state index >= 15 is 0 Å². The minimum Gasteiger partial charge on any atom is -0.395 e. The monoisotopic (exact) mass is 351 g/mol. The summed E-state index contributed by atoms with van der Waals surface area (Å²) in [6, 6.07) is 9.77. The van der Waals surface area contributed by atoms with Crippen LogP contribution in [0.25, 0.3) is 5.69 Å². The van der Waals surface area contributed by atoms with Gasteiger partial charge in [-0.2, -0.15) is 0 Å². The fourth-order valence-electron chi connectivity index (χ4n) is 1.47. The third kappa shape index (κ3) is 5.56. The van der Waals surface area contributed by atoms with Crippen molar-refractivity contribution in [3.8, 4) is 5.69 Å². The molecule has 0 fully saturated rings. The van der Waals surface area contributed by atoms with Gasteiger partial charge in [0.15, 0.2) is 4.64 Å². The number of benzene rings is 1. The highest BCUT2D eigenvalue weighted by Crippen LogP contribution is 2.20. The molecule has 0 aliphatic carbocycles. The number of aromatic amines is 1. The van der Waals surface area contributed by atoms with Crippen LogP contribution in [0.5, 0.6) is 0 Å². The van der Waals surface area contributed by atoms with E-state index in [0.29, 0.717) is 15.4 Å². The number of nitrogen functional groups attached to an aromatic ring is 1. The lowest BCUT2D eigenvalue weighted by molar-refractivity contribution is -2.00. The SMILES string of the molecule is Cc1c(Cl)c(N)c(=S)[nH][n+]1-c1ccccc1.[O-][Cl+3]([O-])([O-])[O-]. The number of anilines is 1. The van der Waals surface area contributed by atoms with Gasteiger partial charge >= 0.3 is 0 Å². The maximum absolute atomic E-state index is 8.49. The molecule has 0 saturated carbocycles. The van der Waals surface area contributed by atoms with Gasteiger partial charge < -0.3 is 5.73 Å². The van der Waals surface area contributed by atoms with Crippen molar-refractivity contribution in [2.45, 2.75) is 6.92 Å². The predicted molar refractivity (Wildman–Crippen MR) is 67.3 cm³/mol. The van der Waals surface area contributed by atoms with Gasteiger partial charge in [-0.25, -0.2) is 18.6 Å². The number of hydrogen-bond donors (Lipinski definition) is 2. The average molecular weight is 352 g/mol. The third-order valence-corrected chi connectivity index (χ3v) is 3.15. The first kappa shape index (κ1) is 17.8. The molecule has 0 radical (unpaired) electrons. The Morgan fingerprint density at radius 1 is 1.19 bits per heavy atom. The molecule has 0 spiro atoms. The molecule has 10 heteroatoms. The molecule has 0 atom stereocenters. The van der Waals surface area contributed by atoms with Gasteiger partial charge in [-0.3, -0.25) is 0 Å². The Bertz CT molecular complexity index is 668. The van der Waals surface area contributed by atoms with E-state index in [0.717, 1.165) is 11.4 Å². The second-order valence-corrected chi connectivity index (χ2v) is 5.35. The Balaban J connectivity index is 0.000000383. The summed E-state index contributed by atoms with van der Waals surface area (Å²) >= 11 is 11.2. The Hall–Kier alpha value is -1.26. The first-order valence-electron chi connectivity index (χ1n) is 5.38. The largest absolute Gasteiger partial charge is 0.395 e. The fraction of sp³-hybridized carbons (Fsp3) is 0.0909. The molecular weight excluding hydrogens is 341 g/mol. The summed E-state index contributed by atoms with van der Waals surface area (Å²) in [5.74, 6) is 0. The standard InChI is InChI=1S/C11H10ClN3S.ClHO4/c1-7-9(12)10(13)11(16)14-15(7)8-5-3-2-4-6-8;2-1(3,4)5/h2-6,13H,1H3,(H,14,16);(H,2,3,4,5). The smallest absolute Gasteiger partial charge is 0.235 e. The second-order valence-electron chi connectivity index (χ2n) is 3.80. The highest BCUT2D eigenvalue weighted by atomic mass is 35.7. The second kappa shape index (κ2) is 7.14. The summed E-state index contributed by atoms with van der Waals surface area (Å²) in [5.41, 5.74) is 7.96. The zero-order valence-corrected chi connectivity index (χ0v) is 13.0. The highest BCUT2D eigenvalue weighted by Gasteiger charge is 2.17. The molecule has 0 bridgehead atoms. The molecule has 0 saturated heterocycles. The van der Waals surface area contributed by atoms with Crippen LogP contribution in [-0.4, -0.2) is 5.10 Å². The number of hydrogen-bond acceptors (Lipinski definition) is 6. The van der Waals surface area contributed by atoms with Crippen molar-refractivity contribution < 1.29 is 33.6 Å². The lowest BCUT2D eigenvalue weighted by atomic mass is 10.3. The zero-order chi connectivity index (χ0) is 16.2. The van der Waals surface area contributed by atoms with E-state index in [9.17, 15) is 0 Å². The molecule has 2 aromatic rings. The zero-order valence-electron chi connectivity index (χ0n) is 10.7. The number of para-hydroxylation sites is 1. The molecule has 0 amide bonds. The Morgan fingerprint density at radius 3 is 2.14 bits per heavy atom. The lowest BCUT2D eigenvalue weighted by Crippen LogP contribution is -2.68. The van der Waals surface area contributed by atoms with Crippen molar-refractivity contribution in [2.75, 3.05) is 5.73 Å². The fourth-order valence-corrected chi connectivity index (χ4v) is 1.90. The summed E-state index contributed by atoms with van der Waals surface area (Å²) in [7, 11) is -4.94. The summed E-state index contributed by atoms with van der Waals surface area (Å²) in [6.45, 7) is 1.89. The molecule has 3 N–H and O–H groups in total. The van der Waals surface area contributed by atoms with Crippen molar-refractivity contribution in [1.29, 1.82) is 0 Å². The number of nitrogens with two attached hydrogens (primary N) is 1. The Morgan fingerprint density at radius 2 is 1.67 bits per heavy atom. The number of aromatic nitrogens is 2. The van der Waals surface area contributed by atoms with Crippen molar-refractivity contribution in [2.24, 2.45) is 0 Å². The van der Waals surface area contributed by atoms with Crippen LogP contribution in [0.3, 0.4) is 0 Å². The number of nitrogens with one attached hydrogen (secondary N) is 1. The lowest BCUT2D eigenvalue weighted by Gasteiger charge is -2.17. The Kier molecular flexibility index (Phi) is 6.05. The van der Waals surface area contributed by atoms with Gasteiger partial charge in [-0.1, -0.05) is 46.7 Å². The van der Waals surface area contributed by atoms with Gasteiger partial charge in [0.1, 0.15) is 5.02 Å². The van der Waals surface area contributed by atoms with Crippen molar-refractivity contribution in [1.82, 2.24) is 5.10 Å². The first-order chi connectivity index (χ1) is 9.61. The molecular formula is C11H11Cl2N3O4S. The molecule has 1 aromatic heterocycles. The number of H-pyrrole nitrogens is 1. The topological polar surface area (TPSA) is 138 Å². The average Bonchev–Trinajstić information content (AvgIpc) is 2.40. The van der Waals surface area contributed by atoms with Gasteiger partial charge in [0.25, 0.3) is 0 Å². The van der Waals surface area contributed by atoms with Crippen LogP contribution in [-0.2, 0) is 0 Å². The third-order valence-electron chi connectivity index (χ3n) is 2.36. The van der Waals surface area contributed by atoms with E-state index in [1.54, 1.807) is 0 Å². The summed E-state index contributed by atoms with van der Waals surface area (Å²) in [6.07, 6.45) is 0. The molecule has 0 unspecified atom stereocenters. The van der Waals surface area contributed by atoms with E-state index in [1.807, 2.05) is 41.9 Å². The van der Waals surface area contributed by atoms with Gasteiger partial charge in [-0.05, 0) is 0 Å². The molecule has 7 nitrogen and oxygen atoms in total. The molecule has 1 aromatic carbocycles. The van der Waals surface area contributed by atoms with E-state index in [1.165, 1.54) is 0 Å². The van der Waals surface area contributed by atoms with Crippen LogP contribution in [0.15, 0.2) is 30.3 Å². The van der Waals surface area contributed by atoms with Crippen LogP contribution in [0, 0.1) is 21.8 Å². The van der Waals surface area contributed by atoms with Crippen LogP contribution in [0.1, 0.15) is 5.69 Å². The summed E-state index contributed by atoms with van der Waals surface area (Å²) < 4.78 is 36.2. The maximum atomic E-state index is 8.49.